The Morgan fingerprint density at radius 2 is 2.13 bits per heavy atom. The molecule has 0 bridgehead atoms. The van der Waals surface area contributed by atoms with E-state index >= 15 is 0 Å². The second-order valence-corrected chi connectivity index (χ2v) is 3.16. The van der Waals surface area contributed by atoms with Gasteiger partial charge in [0.05, 0.1) is 11.9 Å². The van der Waals surface area contributed by atoms with Crippen molar-refractivity contribution in [3.63, 3.8) is 0 Å². The Morgan fingerprint density at radius 1 is 1.33 bits per heavy atom. The maximum absolute atomic E-state index is 13.3. The molecule has 0 aliphatic rings. The number of aryl methyl sites for hydroxylation is 1. The lowest BCUT2D eigenvalue weighted by Gasteiger charge is -2.02. The molecule has 2 heterocycles. The summed E-state index contributed by atoms with van der Waals surface area (Å²) in [6.45, 7) is 1.84. The van der Waals surface area contributed by atoms with Crippen LogP contribution in [0.15, 0.2) is 29.5 Å². The van der Waals surface area contributed by atoms with Crippen LogP contribution in [-0.2, 0) is 0 Å². The fourth-order valence-electron chi connectivity index (χ4n) is 1.28. The zero-order valence-corrected chi connectivity index (χ0v) is 7.99. The van der Waals surface area contributed by atoms with E-state index < -0.39 is 11.5 Å². The third-order valence-electron chi connectivity index (χ3n) is 1.93. The van der Waals surface area contributed by atoms with Crippen molar-refractivity contribution in [1.29, 1.82) is 0 Å². The van der Waals surface area contributed by atoms with Gasteiger partial charge >= 0.3 is 5.69 Å². The van der Waals surface area contributed by atoms with Crippen molar-refractivity contribution in [2.45, 2.75) is 6.92 Å². The quantitative estimate of drug-likeness (QED) is 0.762. The lowest BCUT2D eigenvalue weighted by Crippen LogP contribution is -2.11. The lowest BCUT2D eigenvalue weighted by atomic mass is 10.1. The van der Waals surface area contributed by atoms with Crippen LogP contribution in [0.4, 0.5) is 4.39 Å². The van der Waals surface area contributed by atoms with E-state index in [1.807, 2.05) is 6.92 Å². The number of nitrogens with one attached hydrogen (secondary N) is 1. The van der Waals surface area contributed by atoms with Gasteiger partial charge in [-0.3, -0.25) is 4.98 Å². The van der Waals surface area contributed by atoms with Gasteiger partial charge in [-0.25, -0.2) is 9.18 Å². The molecule has 0 aliphatic heterocycles. The topological polar surface area (TPSA) is 58.6 Å². The summed E-state index contributed by atoms with van der Waals surface area (Å²) >= 11 is 0. The van der Waals surface area contributed by atoms with Gasteiger partial charge in [0.25, 0.3) is 0 Å². The first-order valence-electron chi connectivity index (χ1n) is 4.33. The van der Waals surface area contributed by atoms with E-state index in [1.54, 1.807) is 12.3 Å². The molecule has 0 fully saturated rings. The molecule has 2 rings (SSSR count). The van der Waals surface area contributed by atoms with Crippen molar-refractivity contribution < 1.29 is 4.39 Å². The summed E-state index contributed by atoms with van der Waals surface area (Å²) in [5, 5.41) is 0. The first-order valence-corrected chi connectivity index (χ1v) is 4.33. The number of aromatic nitrogens is 3. The molecule has 2 aromatic rings. The molecule has 15 heavy (non-hydrogen) atoms. The number of nitrogens with zero attached hydrogens (tertiary/aromatic N) is 2. The van der Waals surface area contributed by atoms with E-state index in [0.717, 1.165) is 11.8 Å². The smallest absolute Gasteiger partial charge is 0.303 e. The van der Waals surface area contributed by atoms with E-state index in [2.05, 4.69) is 15.0 Å². The zero-order chi connectivity index (χ0) is 10.8. The van der Waals surface area contributed by atoms with Gasteiger partial charge in [0.15, 0.2) is 5.82 Å². The molecule has 0 radical (unpaired) electrons. The molecule has 4 nitrogen and oxygen atoms in total. The molecule has 0 unspecified atom stereocenters. The number of halogens is 1. The Balaban J connectivity index is 2.63. The molecule has 0 saturated carbocycles. The highest BCUT2D eigenvalue weighted by Crippen LogP contribution is 2.17. The molecule has 0 saturated heterocycles. The molecule has 5 heteroatoms. The molecular weight excluding hydrogens is 197 g/mol. The molecule has 76 valence electrons. The molecule has 0 amide bonds. The maximum Gasteiger partial charge on any atom is 0.345 e. The highest BCUT2D eigenvalue weighted by atomic mass is 19.1. The summed E-state index contributed by atoms with van der Waals surface area (Å²) in [5.41, 5.74) is 0.968. The van der Waals surface area contributed by atoms with Gasteiger partial charge in [0, 0.05) is 18.0 Å². The van der Waals surface area contributed by atoms with Crippen LogP contribution in [0.25, 0.3) is 11.3 Å². The molecule has 1 N–H and O–H groups in total. The standard InChI is InChI=1S/C10H8FN3O/c1-6-2-7(4-12-3-6)9-8(11)5-13-10(15)14-9/h2-5H,1H3,(H,13,14,15). The first-order chi connectivity index (χ1) is 7.16. The molecular formula is C10H8FN3O. The minimum absolute atomic E-state index is 0.117. The first kappa shape index (κ1) is 9.51. The van der Waals surface area contributed by atoms with E-state index in [1.165, 1.54) is 6.20 Å². The minimum Gasteiger partial charge on any atom is -0.303 e. The number of pyridine rings is 1. The van der Waals surface area contributed by atoms with Gasteiger partial charge in [0.1, 0.15) is 0 Å². The van der Waals surface area contributed by atoms with Crippen LogP contribution >= 0.6 is 0 Å². The van der Waals surface area contributed by atoms with Crippen molar-refractivity contribution in [2.75, 3.05) is 0 Å². The van der Waals surface area contributed by atoms with Crippen molar-refractivity contribution in [1.82, 2.24) is 15.0 Å². The van der Waals surface area contributed by atoms with Crippen LogP contribution in [0.5, 0.6) is 0 Å². The summed E-state index contributed by atoms with van der Waals surface area (Å²) in [7, 11) is 0. The van der Waals surface area contributed by atoms with E-state index in [0.29, 0.717) is 5.56 Å². The summed E-state index contributed by atoms with van der Waals surface area (Å²) in [6, 6.07) is 1.74. The van der Waals surface area contributed by atoms with Gasteiger partial charge in [-0.1, -0.05) is 0 Å². The Hall–Kier alpha value is -2.04. The van der Waals surface area contributed by atoms with Gasteiger partial charge in [-0.05, 0) is 18.6 Å². The van der Waals surface area contributed by atoms with Crippen LogP contribution in [0.3, 0.4) is 0 Å². The maximum atomic E-state index is 13.3. The van der Waals surface area contributed by atoms with E-state index in [4.69, 9.17) is 0 Å². The molecule has 0 aromatic carbocycles. The summed E-state index contributed by atoms with van der Waals surface area (Å²) in [6.07, 6.45) is 4.04. The number of hydrogen-bond donors (Lipinski definition) is 1. The van der Waals surface area contributed by atoms with Crippen LogP contribution in [0, 0.1) is 12.7 Å². The van der Waals surface area contributed by atoms with Crippen LogP contribution in [-0.4, -0.2) is 15.0 Å². The predicted molar refractivity (Wildman–Crippen MR) is 52.8 cm³/mol. The van der Waals surface area contributed by atoms with Gasteiger partial charge in [-0.15, -0.1) is 0 Å². The molecule has 0 aliphatic carbocycles. The van der Waals surface area contributed by atoms with Crippen LogP contribution in [0.2, 0.25) is 0 Å². The molecule has 0 spiro atoms. The number of H-pyrrole nitrogens is 1. The highest BCUT2D eigenvalue weighted by molar-refractivity contribution is 5.58. The average Bonchev–Trinajstić information content (AvgIpc) is 2.22. The van der Waals surface area contributed by atoms with Gasteiger partial charge in [-0.2, -0.15) is 4.98 Å². The normalized spacial score (nSPS) is 10.3. The lowest BCUT2D eigenvalue weighted by molar-refractivity contribution is 0.615. The molecule has 0 atom stereocenters. The largest absolute Gasteiger partial charge is 0.345 e. The molecule has 2 aromatic heterocycles. The summed E-state index contributed by atoms with van der Waals surface area (Å²) in [4.78, 5) is 20.5. The predicted octanol–water partition coefficient (Wildman–Crippen LogP) is 1.28. The third-order valence-corrected chi connectivity index (χ3v) is 1.93. The third kappa shape index (κ3) is 1.90. The Kier molecular flexibility index (Phi) is 2.29. The average molecular weight is 205 g/mol. The summed E-state index contributed by atoms with van der Waals surface area (Å²) < 4.78 is 13.3. The minimum atomic E-state index is -0.576. The van der Waals surface area contributed by atoms with E-state index in [9.17, 15) is 9.18 Å². The van der Waals surface area contributed by atoms with Crippen LogP contribution < -0.4 is 5.69 Å². The fraction of sp³-hybridized carbons (Fsp3) is 0.100. The zero-order valence-electron chi connectivity index (χ0n) is 7.99. The number of rotatable bonds is 1. The SMILES string of the molecule is Cc1cncc(-c2[nH]c(=O)ncc2F)c1. The van der Waals surface area contributed by atoms with Crippen molar-refractivity contribution in [3.8, 4) is 11.3 Å². The van der Waals surface area contributed by atoms with Crippen molar-refractivity contribution in [3.05, 3.63) is 46.5 Å². The second kappa shape index (κ2) is 3.61. The number of aromatic amines is 1. The summed E-state index contributed by atoms with van der Waals surface area (Å²) in [5.74, 6) is -0.568. The Bertz CT molecular complexity index is 550. The van der Waals surface area contributed by atoms with Gasteiger partial charge in [0.2, 0.25) is 0 Å². The Labute approximate surface area is 84.8 Å². The second-order valence-electron chi connectivity index (χ2n) is 3.16. The monoisotopic (exact) mass is 205 g/mol. The van der Waals surface area contributed by atoms with E-state index in [-0.39, 0.29) is 5.69 Å². The fourth-order valence-corrected chi connectivity index (χ4v) is 1.28. The van der Waals surface area contributed by atoms with Crippen molar-refractivity contribution in [2.24, 2.45) is 0 Å². The highest BCUT2D eigenvalue weighted by Gasteiger charge is 2.06. The Morgan fingerprint density at radius 3 is 2.87 bits per heavy atom. The van der Waals surface area contributed by atoms with Gasteiger partial charge < -0.3 is 4.98 Å². The van der Waals surface area contributed by atoms with Crippen LogP contribution in [0.1, 0.15) is 5.56 Å². The number of hydrogen-bond acceptors (Lipinski definition) is 3. The van der Waals surface area contributed by atoms with Crippen molar-refractivity contribution >= 4 is 0 Å².